The molecule has 6 nitrogen and oxygen atoms in total. The number of nitrogen functional groups attached to an aromatic ring is 1. The largest absolute Gasteiger partial charge is 0.481 e. The number of carboxylic acids is 1. The standard InChI is InChI=1S/C20H31N3O3/c1-23(16-8-4-2-5-9-16)20(26)15-11-12-18(17(21)14-15)22-13-7-3-6-10-19(24)25/h11-12,14,16,22H,2-10,13,21H2,1H3,(H,24,25). The fourth-order valence-corrected chi connectivity index (χ4v) is 3.50. The first-order valence-electron chi connectivity index (χ1n) is 9.61. The van der Waals surface area contributed by atoms with E-state index >= 15 is 0 Å². The van der Waals surface area contributed by atoms with Crippen molar-refractivity contribution >= 4 is 23.3 Å². The highest BCUT2D eigenvalue weighted by Gasteiger charge is 2.23. The molecule has 0 atom stereocenters. The first kappa shape index (κ1) is 20.1. The molecule has 26 heavy (non-hydrogen) atoms. The molecule has 0 heterocycles. The van der Waals surface area contributed by atoms with E-state index in [1.165, 1.54) is 19.3 Å². The van der Waals surface area contributed by atoms with Crippen molar-refractivity contribution in [3.05, 3.63) is 23.8 Å². The monoisotopic (exact) mass is 361 g/mol. The number of aliphatic carboxylic acids is 1. The minimum absolute atomic E-state index is 0.0313. The van der Waals surface area contributed by atoms with E-state index in [1.807, 2.05) is 24.1 Å². The van der Waals surface area contributed by atoms with Crippen molar-refractivity contribution in [2.75, 3.05) is 24.6 Å². The van der Waals surface area contributed by atoms with Gasteiger partial charge in [0.05, 0.1) is 11.4 Å². The molecule has 4 N–H and O–H groups in total. The number of nitrogens with two attached hydrogens (primary N) is 1. The lowest BCUT2D eigenvalue weighted by atomic mass is 9.94. The van der Waals surface area contributed by atoms with E-state index in [0.717, 1.165) is 37.9 Å². The van der Waals surface area contributed by atoms with Crippen LogP contribution in [0.3, 0.4) is 0 Å². The second-order valence-corrected chi connectivity index (χ2v) is 7.14. The summed E-state index contributed by atoms with van der Waals surface area (Å²) in [6, 6.07) is 5.76. The minimum atomic E-state index is -0.749. The van der Waals surface area contributed by atoms with Gasteiger partial charge in [0.2, 0.25) is 0 Å². The number of nitrogens with zero attached hydrogens (tertiary/aromatic N) is 1. The third-order valence-corrected chi connectivity index (χ3v) is 5.12. The first-order chi connectivity index (χ1) is 12.5. The average molecular weight is 361 g/mol. The number of nitrogens with one attached hydrogen (secondary N) is 1. The summed E-state index contributed by atoms with van der Waals surface area (Å²) in [5.74, 6) is -0.718. The maximum atomic E-state index is 12.7. The molecule has 144 valence electrons. The lowest BCUT2D eigenvalue weighted by Gasteiger charge is -2.31. The molecular weight excluding hydrogens is 330 g/mol. The highest BCUT2D eigenvalue weighted by atomic mass is 16.4. The summed E-state index contributed by atoms with van der Waals surface area (Å²) >= 11 is 0. The Hall–Kier alpha value is -2.24. The Balaban J connectivity index is 1.83. The van der Waals surface area contributed by atoms with Crippen LogP contribution in [-0.4, -0.2) is 41.5 Å². The Morgan fingerprint density at radius 1 is 1.19 bits per heavy atom. The number of carboxylic acid groups (broad SMARTS) is 1. The summed E-state index contributed by atoms with van der Waals surface area (Å²) in [6.45, 7) is 0.735. The highest BCUT2D eigenvalue weighted by molar-refractivity contribution is 5.96. The van der Waals surface area contributed by atoms with Crippen molar-refractivity contribution in [1.29, 1.82) is 0 Å². The van der Waals surface area contributed by atoms with Gasteiger partial charge >= 0.3 is 5.97 Å². The maximum absolute atomic E-state index is 12.7. The summed E-state index contributed by atoms with van der Waals surface area (Å²) in [4.78, 5) is 25.0. The fraction of sp³-hybridized carbons (Fsp3) is 0.600. The summed E-state index contributed by atoms with van der Waals surface area (Å²) < 4.78 is 0. The number of unbranched alkanes of at least 4 members (excludes halogenated alkanes) is 2. The highest BCUT2D eigenvalue weighted by Crippen LogP contribution is 2.25. The molecule has 1 aliphatic rings. The fourth-order valence-electron chi connectivity index (χ4n) is 3.50. The number of carbonyl (C=O) groups excluding carboxylic acids is 1. The minimum Gasteiger partial charge on any atom is -0.481 e. The van der Waals surface area contributed by atoms with Gasteiger partial charge in [0.1, 0.15) is 0 Å². The van der Waals surface area contributed by atoms with E-state index < -0.39 is 5.97 Å². The molecule has 0 radical (unpaired) electrons. The molecule has 1 fully saturated rings. The van der Waals surface area contributed by atoms with Crippen molar-refractivity contribution in [1.82, 2.24) is 4.90 Å². The van der Waals surface area contributed by atoms with E-state index in [4.69, 9.17) is 10.8 Å². The zero-order valence-electron chi connectivity index (χ0n) is 15.7. The van der Waals surface area contributed by atoms with Crippen molar-refractivity contribution in [2.24, 2.45) is 0 Å². The Kier molecular flexibility index (Phi) is 7.75. The van der Waals surface area contributed by atoms with Gasteiger partial charge in [-0.15, -0.1) is 0 Å². The molecule has 1 saturated carbocycles. The van der Waals surface area contributed by atoms with Crippen LogP contribution in [0.15, 0.2) is 18.2 Å². The van der Waals surface area contributed by atoms with Crippen LogP contribution in [0.4, 0.5) is 11.4 Å². The van der Waals surface area contributed by atoms with Gasteiger partial charge in [0.25, 0.3) is 5.91 Å². The van der Waals surface area contributed by atoms with Gasteiger partial charge in [0.15, 0.2) is 0 Å². The van der Waals surface area contributed by atoms with Crippen LogP contribution < -0.4 is 11.1 Å². The summed E-state index contributed by atoms with van der Waals surface area (Å²) in [6.07, 6.45) is 8.47. The second kappa shape index (κ2) is 10.0. The molecule has 1 aliphatic carbocycles. The van der Waals surface area contributed by atoms with Crippen molar-refractivity contribution in [2.45, 2.75) is 63.8 Å². The van der Waals surface area contributed by atoms with Gasteiger partial charge in [-0.3, -0.25) is 9.59 Å². The van der Waals surface area contributed by atoms with Crippen LogP contribution in [-0.2, 0) is 4.79 Å². The lowest BCUT2D eigenvalue weighted by Crippen LogP contribution is -2.38. The molecule has 0 saturated heterocycles. The molecule has 6 heteroatoms. The SMILES string of the molecule is CN(C(=O)c1ccc(NCCCCCC(=O)O)c(N)c1)C1CCCCC1. The van der Waals surface area contributed by atoms with E-state index in [1.54, 1.807) is 6.07 Å². The van der Waals surface area contributed by atoms with Crippen LogP contribution in [0.25, 0.3) is 0 Å². The molecule has 1 aromatic rings. The van der Waals surface area contributed by atoms with Gasteiger partial charge in [-0.05, 0) is 43.9 Å². The Morgan fingerprint density at radius 2 is 1.92 bits per heavy atom. The third-order valence-electron chi connectivity index (χ3n) is 5.12. The van der Waals surface area contributed by atoms with Crippen LogP contribution in [0.5, 0.6) is 0 Å². The van der Waals surface area contributed by atoms with Crippen LogP contribution >= 0.6 is 0 Å². The smallest absolute Gasteiger partial charge is 0.303 e. The second-order valence-electron chi connectivity index (χ2n) is 7.14. The number of anilines is 2. The summed E-state index contributed by atoms with van der Waals surface area (Å²) in [5, 5.41) is 11.9. The normalized spacial score (nSPS) is 14.8. The predicted molar refractivity (Wildman–Crippen MR) is 104 cm³/mol. The van der Waals surface area contributed by atoms with E-state index in [9.17, 15) is 9.59 Å². The predicted octanol–water partition coefficient (Wildman–Crippen LogP) is 3.73. The first-order valence-corrected chi connectivity index (χ1v) is 9.61. The number of hydrogen-bond acceptors (Lipinski definition) is 4. The number of hydrogen-bond donors (Lipinski definition) is 3. The lowest BCUT2D eigenvalue weighted by molar-refractivity contribution is -0.137. The molecular formula is C20H31N3O3. The number of amides is 1. The van der Waals surface area contributed by atoms with Crippen molar-refractivity contribution in [3.63, 3.8) is 0 Å². The molecule has 1 aromatic carbocycles. The Bertz CT molecular complexity index is 612. The Morgan fingerprint density at radius 3 is 2.58 bits per heavy atom. The van der Waals surface area contributed by atoms with Crippen molar-refractivity contribution in [3.8, 4) is 0 Å². The average Bonchev–Trinajstić information content (AvgIpc) is 2.64. The number of benzene rings is 1. The zero-order valence-corrected chi connectivity index (χ0v) is 15.7. The molecule has 1 amide bonds. The van der Waals surface area contributed by atoms with E-state index in [0.29, 0.717) is 23.7 Å². The number of carbonyl (C=O) groups is 2. The molecule has 0 bridgehead atoms. The van der Waals surface area contributed by atoms with Crippen LogP contribution in [0.1, 0.15) is 68.1 Å². The van der Waals surface area contributed by atoms with E-state index in [2.05, 4.69) is 5.32 Å². The molecule has 0 aromatic heterocycles. The molecule has 2 rings (SSSR count). The van der Waals surface area contributed by atoms with Crippen LogP contribution in [0, 0.1) is 0 Å². The van der Waals surface area contributed by atoms with Crippen LogP contribution in [0.2, 0.25) is 0 Å². The summed E-state index contributed by atoms with van der Waals surface area (Å²) in [7, 11) is 1.89. The molecule has 0 unspecified atom stereocenters. The summed E-state index contributed by atoms with van der Waals surface area (Å²) in [5.41, 5.74) is 8.12. The Labute approximate surface area is 155 Å². The third kappa shape index (κ3) is 5.93. The van der Waals surface area contributed by atoms with Gasteiger partial charge in [-0.2, -0.15) is 0 Å². The molecule has 0 aliphatic heterocycles. The molecule has 0 spiro atoms. The topological polar surface area (TPSA) is 95.7 Å². The number of rotatable bonds is 9. The van der Waals surface area contributed by atoms with Crippen molar-refractivity contribution < 1.29 is 14.7 Å². The maximum Gasteiger partial charge on any atom is 0.303 e. The van der Waals surface area contributed by atoms with Gasteiger partial charge < -0.3 is 21.1 Å². The van der Waals surface area contributed by atoms with Gasteiger partial charge in [-0.25, -0.2) is 0 Å². The van der Waals surface area contributed by atoms with E-state index in [-0.39, 0.29) is 12.3 Å². The zero-order chi connectivity index (χ0) is 18.9. The van der Waals surface area contributed by atoms with Gasteiger partial charge in [-0.1, -0.05) is 25.7 Å². The quantitative estimate of drug-likeness (QED) is 0.460. The van der Waals surface area contributed by atoms with Gasteiger partial charge in [0, 0.05) is 31.6 Å².